The molecule has 0 spiro atoms. The average Bonchev–Trinajstić information content (AvgIpc) is 3.01. The van der Waals surface area contributed by atoms with Gasteiger partial charge < -0.3 is 20.6 Å². The molecule has 0 aliphatic carbocycles. The first-order valence-corrected chi connectivity index (χ1v) is 19.3. The van der Waals surface area contributed by atoms with Gasteiger partial charge in [0.05, 0.1) is 13.2 Å². The predicted molar refractivity (Wildman–Crippen MR) is 188 cm³/mol. The number of hydrogen-bond acceptors (Lipinski definition) is 4. The number of aliphatic hydroxyl groups excluding tert-OH is 2. The fourth-order valence-corrected chi connectivity index (χ4v) is 5.76. The van der Waals surface area contributed by atoms with E-state index in [1.54, 1.807) is 0 Å². The highest BCUT2D eigenvalue weighted by molar-refractivity contribution is 5.66. The molecule has 0 amide bonds. The van der Waals surface area contributed by atoms with E-state index in [1.807, 2.05) is 0 Å². The number of carboxylic acids is 1. The third kappa shape index (κ3) is 43.5. The van der Waals surface area contributed by atoms with Crippen LogP contribution in [0.3, 0.4) is 0 Å². The van der Waals surface area contributed by atoms with E-state index in [0.717, 1.165) is 19.3 Å². The van der Waals surface area contributed by atoms with Crippen LogP contribution in [0.15, 0.2) is 0 Å². The SMILES string of the molecule is CCCCCCCCCCCC(=O)O.CCCCCCCCCCCCCCCCCCCCCCC(CO)NCCO. The Labute approximate surface area is 269 Å². The Balaban J connectivity index is 0. The zero-order chi connectivity index (χ0) is 31.9. The maximum absolute atomic E-state index is 10.2. The lowest BCUT2D eigenvalue weighted by Crippen LogP contribution is -2.34. The van der Waals surface area contributed by atoms with Crippen LogP contribution in [-0.4, -0.2) is 47.1 Å². The van der Waals surface area contributed by atoms with E-state index < -0.39 is 5.97 Å². The van der Waals surface area contributed by atoms with Crippen molar-refractivity contribution < 1.29 is 20.1 Å². The van der Waals surface area contributed by atoms with Crippen molar-refractivity contribution in [3.8, 4) is 0 Å². The lowest BCUT2D eigenvalue weighted by molar-refractivity contribution is -0.137. The first-order valence-electron chi connectivity index (χ1n) is 19.3. The Morgan fingerprint density at radius 3 is 1.07 bits per heavy atom. The molecular formula is C38H79NO4. The van der Waals surface area contributed by atoms with Gasteiger partial charge >= 0.3 is 5.97 Å². The maximum Gasteiger partial charge on any atom is 0.303 e. The zero-order valence-corrected chi connectivity index (χ0v) is 29.4. The second-order valence-electron chi connectivity index (χ2n) is 13.0. The number of hydrogen-bond donors (Lipinski definition) is 4. The number of carbonyl (C=O) groups is 1. The van der Waals surface area contributed by atoms with E-state index in [2.05, 4.69) is 19.2 Å². The molecular weight excluding hydrogens is 534 g/mol. The minimum Gasteiger partial charge on any atom is -0.481 e. The summed E-state index contributed by atoms with van der Waals surface area (Å²) < 4.78 is 0. The second-order valence-corrected chi connectivity index (χ2v) is 13.0. The summed E-state index contributed by atoms with van der Waals surface area (Å²) in [6.45, 7) is 5.44. The van der Waals surface area contributed by atoms with Gasteiger partial charge in [-0.3, -0.25) is 4.79 Å². The maximum atomic E-state index is 10.2. The van der Waals surface area contributed by atoms with Crippen molar-refractivity contribution in [1.29, 1.82) is 0 Å². The van der Waals surface area contributed by atoms with Crippen LogP contribution in [0.25, 0.3) is 0 Å². The van der Waals surface area contributed by atoms with Crippen LogP contribution >= 0.6 is 0 Å². The van der Waals surface area contributed by atoms with Crippen molar-refractivity contribution in [1.82, 2.24) is 5.32 Å². The first-order chi connectivity index (χ1) is 21.1. The van der Waals surface area contributed by atoms with Gasteiger partial charge in [0.2, 0.25) is 0 Å². The van der Waals surface area contributed by atoms with Crippen LogP contribution in [0.2, 0.25) is 0 Å². The molecule has 5 heteroatoms. The highest BCUT2D eigenvalue weighted by Crippen LogP contribution is 2.15. The fraction of sp³-hybridized carbons (Fsp3) is 0.974. The molecule has 0 aromatic heterocycles. The van der Waals surface area contributed by atoms with Gasteiger partial charge in [0.1, 0.15) is 0 Å². The molecule has 0 heterocycles. The van der Waals surface area contributed by atoms with E-state index in [1.165, 1.54) is 173 Å². The van der Waals surface area contributed by atoms with Gasteiger partial charge in [-0.1, -0.05) is 194 Å². The molecule has 0 aromatic carbocycles. The standard InChI is InChI=1S/C26H55NO2.C12H24O2/c1-2-3-4-5-6-7-8-9-10-11-12-13-14-15-16-17-18-19-20-21-22-26(25-29)27-23-24-28;1-2-3-4-5-6-7-8-9-10-11-12(13)14/h26-29H,2-25H2,1H3;2-11H2,1H3,(H,13,14). The molecule has 0 bridgehead atoms. The van der Waals surface area contributed by atoms with Crippen LogP contribution in [0.4, 0.5) is 0 Å². The summed E-state index contributed by atoms with van der Waals surface area (Å²) in [4.78, 5) is 10.2. The minimum atomic E-state index is -0.659. The Kier molecular flexibility index (Phi) is 42.8. The first kappa shape index (κ1) is 44.5. The Morgan fingerprint density at radius 2 is 0.791 bits per heavy atom. The van der Waals surface area contributed by atoms with E-state index in [0.29, 0.717) is 13.0 Å². The average molecular weight is 614 g/mol. The summed E-state index contributed by atoms with van der Waals surface area (Å²) >= 11 is 0. The number of unbranched alkanes of at least 4 members (excludes halogenated alkanes) is 27. The monoisotopic (exact) mass is 614 g/mol. The zero-order valence-electron chi connectivity index (χ0n) is 29.4. The molecule has 0 saturated heterocycles. The van der Waals surface area contributed by atoms with E-state index >= 15 is 0 Å². The smallest absolute Gasteiger partial charge is 0.303 e. The van der Waals surface area contributed by atoms with Gasteiger partial charge in [-0.25, -0.2) is 0 Å². The lowest BCUT2D eigenvalue weighted by Gasteiger charge is -2.15. The molecule has 4 N–H and O–H groups in total. The Morgan fingerprint density at radius 1 is 0.488 bits per heavy atom. The van der Waals surface area contributed by atoms with Gasteiger partial charge in [-0.05, 0) is 12.8 Å². The molecule has 5 nitrogen and oxygen atoms in total. The van der Waals surface area contributed by atoms with Gasteiger partial charge in [0.15, 0.2) is 0 Å². The Bertz CT molecular complexity index is 502. The van der Waals surface area contributed by atoms with Crippen molar-refractivity contribution in [3.05, 3.63) is 0 Å². The normalized spacial score (nSPS) is 11.8. The highest BCUT2D eigenvalue weighted by Gasteiger charge is 2.05. The van der Waals surface area contributed by atoms with Crippen molar-refractivity contribution in [2.75, 3.05) is 19.8 Å². The largest absolute Gasteiger partial charge is 0.481 e. The molecule has 260 valence electrons. The van der Waals surface area contributed by atoms with Crippen LogP contribution in [0.1, 0.15) is 213 Å². The topological polar surface area (TPSA) is 89.8 Å². The molecule has 0 aromatic rings. The molecule has 0 radical (unpaired) electrons. The number of aliphatic carboxylic acids is 1. The van der Waals surface area contributed by atoms with Gasteiger partial charge in [-0.15, -0.1) is 0 Å². The molecule has 0 rings (SSSR count). The molecule has 0 aliphatic rings. The van der Waals surface area contributed by atoms with Gasteiger partial charge in [-0.2, -0.15) is 0 Å². The molecule has 0 saturated carbocycles. The van der Waals surface area contributed by atoms with E-state index in [4.69, 9.17) is 10.2 Å². The summed E-state index contributed by atoms with van der Waals surface area (Å²) in [5, 5.41) is 29.7. The van der Waals surface area contributed by atoms with Crippen LogP contribution < -0.4 is 5.32 Å². The summed E-state index contributed by atoms with van der Waals surface area (Å²) in [6, 6.07) is 0.165. The fourth-order valence-electron chi connectivity index (χ4n) is 5.76. The van der Waals surface area contributed by atoms with Crippen molar-refractivity contribution in [2.45, 2.75) is 219 Å². The van der Waals surface area contributed by atoms with Crippen LogP contribution in [-0.2, 0) is 4.79 Å². The molecule has 1 unspecified atom stereocenters. The number of carboxylic acid groups (broad SMARTS) is 1. The van der Waals surface area contributed by atoms with Crippen molar-refractivity contribution >= 4 is 5.97 Å². The molecule has 43 heavy (non-hydrogen) atoms. The number of aliphatic hydroxyl groups is 2. The summed E-state index contributed by atoms with van der Waals surface area (Å²) in [5.74, 6) is -0.659. The number of nitrogens with one attached hydrogen (secondary N) is 1. The van der Waals surface area contributed by atoms with E-state index in [9.17, 15) is 9.90 Å². The lowest BCUT2D eigenvalue weighted by atomic mass is 10.0. The second kappa shape index (κ2) is 41.4. The molecule has 1 atom stereocenters. The molecule has 0 aliphatic heterocycles. The quantitative estimate of drug-likeness (QED) is 0.0534. The van der Waals surface area contributed by atoms with Crippen molar-refractivity contribution in [3.63, 3.8) is 0 Å². The minimum absolute atomic E-state index is 0.149. The highest BCUT2D eigenvalue weighted by atomic mass is 16.4. The van der Waals surface area contributed by atoms with E-state index in [-0.39, 0.29) is 19.3 Å². The summed E-state index contributed by atoms with van der Waals surface area (Å²) in [5.41, 5.74) is 0. The van der Waals surface area contributed by atoms with Crippen LogP contribution in [0.5, 0.6) is 0 Å². The molecule has 0 fully saturated rings. The third-order valence-corrected chi connectivity index (χ3v) is 8.67. The third-order valence-electron chi connectivity index (χ3n) is 8.67. The van der Waals surface area contributed by atoms with Crippen molar-refractivity contribution in [2.24, 2.45) is 0 Å². The predicted octanol–water partition coefficient (Wildman–Crippen LogP) is 11.1. The number of rotatable bonds is 35. The van der Waals surface area contributed by atoms with Crippen LogP contribution in [0, 0.1) is 0 Å². The Hall–Kier alpha value is -0.650. The summed E-state index contributed by atoms with van der Waals surface area (Å²) in [7, 11) is 0. The van der Waals surface area contributed by atoms with Gasteiger partial charge in [0.25, 0.3) is 0 Å². The summed E-state index contributed by atoms with van der Waals surface area (Å²) in [6.07, 6.45) is 40.7. The van der Waals surface area contributed by atoms with Gasteiger partial charge in [0, 0.05) is 19.0 Å².